The Morgan fingerprint density at radius 1 is 0.500 bits per heavy atom. The maximum Gasteiger partial charge on any atom is 0.0447 e. The summed E-state index contributed by atoms with van der Waals surface area (Å²) in [7, 11) is 2.23. The van der Waals surface area contributed by atoms with Crippen molar-refractivity contribution in [2.24, 2.45) is 0 Å². The molecule has 1 aliphatic heterocycles. The minimum Gasteiger partial charge on any atom is -0.344 e. The molecule has 1 heteroatoms. The summed E-state index contributed by atoms with van der Waals surface area (Å²) < 4.78 is 0. The highest BCUT2D eigenvalue weighted by atomic mass is 15.1. The van der Waals surface area contributed by atoms with Gasteiger partial charge >= 0.3 is 0 Å². The van der Waals surface area contributed by atoms with Gasteiger partial charge in [0.25, 0.3) is 0 Å². The van der Waals surface area contributed by atoms with Gasteiger partial charge in [0.05, 0.1) is 0 Å². The Kier molecular flexibility index (Phi) is 5.87. The molecule has 0 atom stereocenters. The summed E-state index contributed by atoms with van der Waals surface area (Å²) in [5.41, 5.74) is 17.4. The lowest BCUT2D eigenvalue weighted by Crippen LogP contribution is -2.14. The fraction of sp³-hybridized carbons (Fsp3) is 0.156. The second-order valence-electron chi connectivity index (χ2n) is 13.8. The predicted molar refractivity (Wildman–Crippen MR) is 197 cm³/mol. The van der Waals surface area contributed by atoms with E-state index < -0.39 is 0 Å². The van der Waals surface area contributed by atoms with Crippen molar-refractivity contribution in [2.45, 2.75) is 39.0 Å². The summed E-state index contributed by atoms with van der Waals surface area (Å²) in [4.78, 5) is 2.40. The Labute approximate surface area is 271 Å². The zero-order valence-electron chi connectivity index (χ0n) is 27.0. The van der Waals surface area contributed by atoms with E-state index in [4.69, 9.17) is 0 Å². The highest BCUT2D eigenvalue weighted by molar-refractivity contribution is 6.21. The van der Waals surface area contributed by atoms with Gasteiger partial charge in [-0.3, -0.25) is 0 Å². The van der Waals surface area contributed by atoms with Crippen LogP contribution in [0.5, 0.6) is 0 Å². The van der Waals surface area contributed by atoms with Crippen LogP contribution in [0.4, 0.5) is 11.4 Å². The number of fused-ring (bicyclic) bond motifs is 7. The van der Waals surface area contributed by atoms with E-state index in [9.17, 15) is 0 Å². The van der Waals surface area contributed by atoms with Crippen molar-refractivity contribution in [1.29, 1.82) is 0 Å². The van der Waals surface area contributed by atoms with Crippen LogP contribution >= 0.6 is 0 Å². The lowest BCUT2D eigenvalue weighted by atomic mass is 9.80. The molecule has 0 aromatic heterocycles. The van der Waals surface area contributed by atoms with Gasteiger partial charge in [0.2, 0.25) is 0 Å². The first-order valence-electron chi connectivity index (χ1n) is 16.5. The molecule has 1 nitrogen and oxygen atoms in total. The third-order valence-corrected chi connectivity index (χ3v) is 10.8. The van der Waals surface area contributed by atoms with E-state index in [1.54, 1.807) is 0 Å². The lowest BCUT2D eigenvalue weighted by Gasteiger charge is -2.24. The lowest BCUT2D eigenvalue weighted by molar-refractivity contribution is 0.660. The van der Waals surface area contributed by atoms with Crippen molar-refractivity contribution in [3.63, 3.8) is 0 Å². The molecule has 222 valence electrons. The number of nitrogens with zero attached hydrogens (tertiary/aromatic N) is 1. The molecule has 1 heterocycles. The van der Waals surface area contributed by atoms with Gasteiger partial charge in [0.15, 0.2) is 0 Å². The Hall–Kier alpha value is -5.14. The van der Waals surface area contributed by atoms with Crippen LogP contribution in [-0.2, 0) is 18.3 Å². The van der Waals surface area contributed by atoms with E-state index in [0.29, 0.717) is 0 Å². The van der Waals surface area contributed by atoms with Gasteiger partial charge < -0.3 is 4.90 Å². The summed E-state index contributed by atoms with van der Waals surface area (Å²) in [5, 5.41) is 5.22. The minimum absolute atomic E-state index is 0.0451. The van der Waals surface area contributed by atoms with Crippen LogP contribution in [0, 0.1) is 6.92 Å². The van der Waals surface area contributed by atoms with E-state index in [2.05, 4.69) is 160 Å². The van der Waals surface area contributed by atoms with E-state index in [1.165, 1.54) is 94.1 Å². The summed E-state index contributed by atoms with van der Waals surface area (Å²) >= 11 is 0. The zero-order valence-corrected chi connectivity index (χ0v) is 27.0. The van der Waals surface area contributed by atoms with Crippen molar-refractivity contribution >= 4 is 32.9 Å². The summed E-state index contributed by atoms with van der Waals surface area (Å²) in [6.07, 6.45) is 2.12. The van der Waals surface area contributed by atoms with Crippen LogP contribution in [0.15, 0.2) is 127 Å². The molecule has 1 aliphatic carbocycles. The van der Waals surface area contributed by atoms with Gasteiger partial charge in [0.1, 0.15) is 0 Å². The van der Waals surface area contributed by atoms with Crippen LogP contribution < -0.4 is 4.90 Å². The molecule has 0 bridgehead atoms. The van der Waals surface area contributed by atoms with E-state index in [0.717, 1.165) is 12.8 Å². The van der Waals surface area contributed by atoms with Crippen molar-refractivity contribution in [3.05, 3.63) is 155 Å². The Bertz CT molecular complexity index is 2370. The van der Waals surface area contributed by atoms with Gasteiger partial charge in [0, 0.05) is 23.8 Å². The maximum absolute atomic E-state index is 2.48. The predicted octanol–water partition coefficient (Wildman–Crippen LogP) is 11.8. The molecule has 7 aromatic carbocycles. The Morgan fingerprint density at radius 2 is 1.11 bits per heavy atom. The van der Waals surface area contributed by atoms with Gasteiger partial charge in [-0.25, -0.2) is 0 Å². The monoisotopic (exact) mass is 591 g/mol. The van der Waals surface area contributed by atoms with Crippen LogP contribution in [0.1, 0.15) is 41.7 Å². The number of aryl methyl sites for hydroxylation is 3. The SMILES string of the molecule is Cc1ccc2c(-c3ccc4c(c3)C(C)(C)c3ccccc3-4)c3ccccc3c(-c3ccc4c(c3)N(C)c3ccccc3CC4)c2c1. The van der Waals surface area contributed by atoms with Crippen molar-refractivity contribution < 1.29 is 0 Å². The highest BCUT2D eigenvalue weighted by Crippen LogP contribution is 2.51. The summed E-state index contributed by atoms with van der Waals surface area (Å²) in [5.74, 6) is 0. The first kappa shape index (κ1) is 27.2. The number of rotatable bonds is 2. The van der Waals surface area contributed by atoms with Crippen LogP contribution in [0.25, 0.3) is 54.9 Å². The molecular formula is C45H37N. The summed E-state index contributed by atoms with van der Waals surface area (Å²) in [6.45, 7) is 6.96. The molecule has 46 heavy (non-hydrogen) atoms. The molecule has 0 N–H and O–H groups in total. The number of para-hydroxylation sites is 1. The molecule has 9 rings (SSSR count). The molecule has 0 radical (unpaired) electrons. The van der Waals surface area contributed by atoms with Gasteiger partial charge in [-0.1, -0.05) is 129 Å². The molecule has 7 aromatic rings. The number of hydrogen-bond acceptors (Lipinski definition) is 1. The second-order valence-corrected chi connectivity index (χ2v) is 13.8. The standard InChI is InChI=1S/C45H37N/c1-28-17-23-37-38(25-28)44(32-21-20-30-19-18-29-11-5-10-16-41(29)46(4)42(30)27-32)36-14-7-6-13-35(36)43(37)31-22-24-34-33-12-8-9-15-39(33)45(2,3)40(34)26-31/h5-17,20-27H,18-19H2,1-4H3. The zero-order chi connectivity index (χ0) is 31.2. The van der Waals surface area contributed by atoms with Gasteiger partial charge in [-0.2, -0.15) is 0 Å². The third-order valence-electron chi connectivity index (χ3n) is 10.8. The fourth-order valence-corrected chi connectivity index (χ4v) is 8.47. The van der Waals surface area contributed by atoms with E-state index >= 15 is 0 Å². The van der Waals surface area contributed by atoms with E-state index in [1.807, 2.05) is 0 Å². The van der Waals surface area contributed by atoms with Crippen molar-refractivity contribution in [2.75, 3.05) is 11.9 Å². The van der Waals surface area contributed by atoms with Crippen LogP contribution in [0.2, 0.25) is 0 Å². The average Bonchev–Trinajstić information content (AvgIpc) is 3.21. The third kappa shape index (κ3) is 3.88. The van der Waals surface area contributed by atoms with Crippen LogP contribution in [-0.4, -0.2) is 7.05 Å². The normalized spacial score (nSPS) is 14.5. The number of benzene rings is 7. The molecule has 0 saturated heterocycles. The molecule has 0 fully saturated rings. The van der Waals surface area contributed by atoms with E-state index in [-0.39, 0.29) is 5.41 Å². The summed E-state index contributed by atoms with van der Waals surface area (Å²) in [6, 6.07) is 48.2. The van der Waals surface area contributed by atoms with Crippen molar-refractivity contribution in [1.82, 2.24) is 0 Å². The molecule has 0 unspecified atom stereocenters. The topological polar surface area (TPSA) is 3.24 Å². The Morgan fingerprint density at radius 3 is 1.93 bits per heavy atom. The molecular weight excluding hydrogens is 555 g/mol. The van der Waals surface area contributed by atoms with Gasteiger partial charge in [-0.05, 0) is 115 Å². The Balaban J connectivity index is 1.30. The minimum atomic E-state index is -0.0451. The smallest absolute Gasteiger partial charge is 0.0447 e. The molecule has 2 aliphatic rings. The van der Waals surface area contributed by atoms with Crippen LogP contribution in [0.3, 0.4) is 0 Å². The maximum atomic E-state index is 2.48. The number of hydrogen-bond donors (Lipinski definition) is 0. The average molecular weight is 592 g/mol. The van der Waals surface area contributed by atoms with Crippen molar-refractivity contribution in [3.8, 4) is 33.4 Å². The second kappa shape index (κ2) is 9.93. The molecule has 0 saturated carbocycles. The first-order valence-corrected chi connectivity index (χ1v) is 16.5. The first-order chi connectivity index (χ1) is 22.4. The van der Waals surface area contributed by atoms with Gasteiger partial charge in [-0.15, -0.1) is 0 Å². The largest absolute Gasteiger partial charge is 0.344 e. The molecule has 0 amide bonds. The highest BCUT2D eigenvalue weighted by Gasteiger charge is 2.35. The fourth-order valence-electron chi connectivity index (χ4n) is 8.47. The number of anilines is 2. The quantitative estimate of drug-likeness (QED) is 0.181. The molecule has 0 spiro atoms.